The first-order chi connectivity index (χ1) is 6.83. The minimum Gasteiger partial charge on any atom is -0.508 e. The quantitative estimate of drug-likeness (QED) is 0.764. The zero-order chi connectivity index (χ0) is 11.9. The van der Waals surface area contributed by atoms with Gasteiger partial charge in [0.1, 0.15) is 5.75 Å². The van der Waals surface area contributed by atoms with Crippen molar-refractivity contribution >= 4 is 38.9 Å². The van der Waals surface area contributed by atoms with Gasteiger partial charge >= 0.3 is 5.20 Å². The van der Waals surface area contributed by atoms with Gasteiger partial charge in [-0.1, -0.05) is 25.5 Å². The number of phenols is 1. The molecule has 0 heterocycles. The van der Waals surface area contributed by atoms with Gasteiger partial charge in [0.15, 0.2) is 0 Å². The van der Waals surface area contributed by atoms with Gasteiger partial charge in [-0.15, -0.1) is 0 Å². The molecule has 86 valence electrons. The normalized spacial score (nSPS) is 10.4. The van der Waals surface area contributed by atoms with Crippen molar-refractivity contribution in [1.82, 2.24) is 0 Å². The molecule has 2 nitrogen and oxygen atoms in total. The van der Waals surface area contributed by atoms with Gasteiger partial charge < -0.3 is 5.11 Å². The Morgan fingerprint density at radius 2 is 1.60 bits per heavy atom. The Labute approximate surface area is 104 Å². The average Bonchev–Trinajstić information content (AvgIpc) is 2.06. The second kappa shape index (κ2) is 7.40. The second-order valence-corrected chi connectivity index (χ2v) is 9.45. The molecule has 0 saturated carbocycles. The summed E-state index contributed by atoms with van der Waals surface area (Å²) in [5, 5.41) is 5.70. The Morgan fingerprint density at radius 1 is 1.20 bits per heavy atom. The summed E-state index contributed by atoms with van der Waals surface area (Å²) < 4.78 is 9.51. The van der Waals surface area contributed by atoms with Gasteiger partial charge in [0.2, 0.25) is 0 Å². The van der Waals surface area contributed by atoms with Crippen molar-refractivity contribution in [3.05, 3.63) is 29.8 Å². The fraction of sp³-hybridized carbons (Fsp3) is 0.333. The molecule has 1 aromatic rings. The van der Waals surface area contributed by atoms with Crippen molar-refractivity contribution in [2.75, 3.05) is 0 Å². The molecule has 0 aliphatic carbocycles. The lowest BCUT2D eigenvalue weighted by molar-refractivity contribution is 0.475. The van der Waals surface area contributed by atoms with E-state index in [1.54, 1.807) is 12.1 Å². The van der Waals surface area contributed by atoms with Crippen LogP contribution in [-0.2, 0) is 11.0 Å². The molecule has 0 fully saturated rings. The molecule has 0 bridgehead atoms. The molecule has 0 aliphatic rings. The minimum absolute atomic E-state index is 0.347. The Bertz CT molecular complexity index is 312. The Morgan fingerprint density at radius 3 is 1.93 bits per heavy atom. The van der Waals surface area contributed by atoms with E-state index >= 15 is 0 Å². The number of hydrogen-bond donors (Lipinski definition) is 1. The molecule has 0 amide bonds. The van der Waals surface area contributed by atoms with E-state index in [2.05, 4.69) is 40.6 Å². The van der Waals surface area contributed by atoms with Gasteiger partial charge in [-0.05, 0) is 57.8 Å². The minimum atomic E-state index is -3.22. The topological polar surface area (TPSA) is 37.3 Å². The number of rotatable bonds is 2. The van der Waals surface area contributed by atoms with Crippen LogP contribution in [0.15, 0.2) is 24.3 Å². The fourth-order valence-corrected chi connectivity index (χ4v) is 0.951. The Balaban J connectivity index is 0.000000336. The van der Waals surface area contributed by atoms with Crippen molar-refractivity contribution in [2.45, 2.75) is 19.8 Å². The summed E-state index contributed by atoms with van der Waals surface area (Å²) in [6.07, 6.45) is 2.26. The molecule has 0 saturated heterocycles. The maximum atomic E-state index is 9.51. The van der Waals surface area contributed by atoms with E-state index in [4.69, 9.17) is 5.11 Å². The lowest BCUT2D eigenvalue weighted by Gasteiger charge is -1.96. The predicted octanol–water partition coefficient (Wildman–Crippen LogP) is 5.16. The molecule has 0 unspecified atom stereocenters. The third kappa shape index (κ3) is 12.0. The van der Waals surface area contributed by atoms with Gasteiger partial charge in [0.05, 0.1) is 0 Å². The van der Waals surface area contributed by atoms with E-state index < -0.39 is 5.20 Å². The molecule has 6 heteroatoms. The van der Waals surface area contributed by atoms with Gasteiger partial charge in [-0.3, -0.25) is 4.57 Å². The van der Waals surface area contributed by atoms with E-state index in [0.29, 0.717) is 5.75 Å². The highest BCUT2D eigenvalue weighted by Crippen LogP contribution is 2.61. The van der Waals surface area contributed by atoms with Crippen LogP contribution < -0.4 is 0 Å². The van der Waals surface area contributed by atoms with Gasteiger partial charge in [-0.25, -0.2) is 0 Å². The first kappa shape index (κ1) is 15.1. The van der Waals surface area contributed by atoms with Crippen LogP contribution in [0.25, 0.3) is 0 Å². The number of aromatic hydroxyl groups is 1. The lowest BCUT2D eigenvalue weighted by Crippen LogP contribution is -1.79. The highest BCUT2D eigenvalue weighted by molar-refractivity contribution is 8.24. The average molecular weight is 290 g/mol. The van der Waals surface area contributed by atoms with Crippen LogP contribution in [0.4, 0.5) is 0 Å². The SMILES string of the molecule is CCCc1ccc(O)cc1.O=P(Cl)(Cl)Cl. The number of phenolic OH excluding ortho intramolecular Hbond substituents is 1. The Kier molecular flexibility index (Phi) is 7.46. The second-order valence-electron chi connectivity index (χ2n) is 2.82. The molecule has 1 rings (SSSR count). The van der Waals surface area contributed by atoms with E-state index in [9.17, 15) is 4.57 Å². The highest BCUT2D eigenvalue weighted by atomic mass is 36.0. The molecular weight excluding hydrogens is 277 g/mol. The van der Waals surface area contributed by atoms with Gasteiger partial charge in [0.25, 0.3) is 0 Å². The van der Waals surface area contributed by atoms with Gasteiger partial charge in [0, 0.05) is 0 Å². The zero-order valence-corrected chi connectivity index (χ0v) is 11.3. The highest BCUT2D eigenvalue weighted by Gasteiger charge is 2.02. The van der Waals surface area contributed by atoms with Crippen molar-refractivity contribution in [3.8, 4) is 5.75 Å². The summed E-state index contributed by atoms with van der Waals surface area (Å²) in [5.41, 5.74) is 1.29. The molecule has 1 N–H and O–H groups in total. The monoisotopic (exact) mass is 288 g/mol. The van der Waals surface area contributed by atoms with Crippen LogP contribution in [-0.4, -0.2) is 5.11 Å². The van der Waals surface area contributed by atoms with E-state index in [-0.39, 0.29) is 0 Å². The molecule has 0 radical (unpaired) electrons. The zero-order valence-electron chi connectivity index (χ0n) is 8.16. The van der Waals surface area contributed by atoms with Gasteiger partial charge in [-0.2, -0.15) is 0 Å². The van der Waals surface area contributed by atoms with E-state index in [1.165, 1.54) is 5.56 Å². The van der Waals surface area contributed by atoms with Crippen LogP contribution in [0, 0.1) is 0 Å². The molecule has 0 aliphatic heterocycles. The number of benzene rings is 1. The molecule has 0 aromatic heterocycles. The van der Waals surface area contributed by atoms with Crippen LogP contribution in [0.1, 0.15) is 18.9 Å². The Hall–Kier alpha value is 0.120. The molecule has 0 atom stereocenters. The first-order valence-electron chi connectivity index (χ1n) is 4.30. The third-order valence-corrected chi connectivity index (χ3v) is 1.48. The lowest BCUT2D eigenvalue weighted by atomic mass is 10.1. The van der Waals surface area contributed by atoms with Crippen molar-refractivity contribution in [1.29, 1.82) is 0 Å². The summed E-state index contributed by atoms with van der Waals surface area (Å²) in [6.45, 7) is 2.15. The molecular formula is C9H12Cl3O2P. The van der Waals surface area contributed by atoms with Crippen LogP contribution in [0.3, 0.4) is 0 Å². The van der Waals surface area contributed by atoms with Crippen LogP contribution >= 0.6 is 38.9 Å². The van der Waals surface area contributed by atoms with Crippen molar-refractivity contribution in [3.63, 3.8) is 0 Å². The summed E-state index contributed by atoms with van der Waals surface area (Å²) in [4.78, 5) is 0. The van der Waals surface area contributed by atoms with E-state index in [1.807, 2.05) is 12.1 Å². The van der Waals surface area contributed by atoms with Crippen molar-refractivity contribution in [2.24, 2.45) is 0 Å². The van der Waals surface area contributed by atoms with Crippen LogP contribution in [0.2, 0.25) is 0 Å². The van der Waals surface area contributed by atoms with Crippen LogP contribution in [0.5, 0.6) is 5.75 Å². The summed E-state index contributed by atoms with van der Waals surface area (Å²) >= 11 is 13.8. The first-order valence-corrected chi connectivity index (χ1v) is 8.72. The summed E-state index contributed by atoms with van der Waals surface area (Å²) in [7, 11) is 0. The largest absolute Gasteiger partial charge is 0.508 e. The third-order valence-electron chi connectivity index (χ3n) is 1.48. The summed E-state index contributed by atoms with van der Waals surface area (Å²) in [5.74, 6) is 0.347. The summed E-state index contributed by atoms with van der Waals surface area (Å²) in [6, 6.07) is 7.37. The maximum Gasteiger partial charge on any atom is 0.339 e. The maximum absolute atomic E-state index is 9.51. The fourth-order valence-electron chi connectivity index (χ4n) is 0.951. The molecule has 1 aromatic carbocycles. The van der Waals surface area contributed by atoms with Crippen molar-refractivity contribution < 1.29 is 9.67 Å². The number of aryl methyl sites for hydroxylation is 1. The standard InChI is InChI=1S/C9H12O.Cl3OP/c1-2-3-8-4-6-9(10)7-5-8;1-5(2,3)4/h4-7,10H,2-3H2,1H3;. The number of halogens is 3. The van der Waals surface area contributed by atoms with E-state index in [0.717, 1.165) is 12.8 Å². The number of hydrogen-bond acceptors (Lipinski definition) is 2. The predicted molar refractivity (Wildman–Crippen MR) is 67.3 cm³/mol. The molecule has 15 heavy (non-hydrogen) atoms. The molecule has 0 spiro atoms. The smallest absolute Gasteiger partial charge is 0.339 e.